The molecule has 1 aromatic heterocycles. The molecule has 0 saturated carbocycles. The molecule has 1 aliphatic heterocycles. The molecule has 0 unspecified atom stereocenters. The summed E-state index contributed by atoms with van der Waals surface area (Å²) in [4.78, 5) is 18.4. The lowest BCUT2D eigenvalue weighted by atomic mass is 9.82. The minimum atomic E-state index is -0.330. The highest BCUT2D eigenvalue weighted by atomic mass is 79.9. The number of carbonyl (C=O) groups is 1. The summed E-state index contributed by atoms with van der Waals surface area (Å²) in [5, 5.41) is 9.79. The molecule has 0 aliphatic carbocycles. The number of aliphatic hydroxyl groups excluding tert-OH is 1. The molecule has 0 amide bonds. The van der Waals surface area contributed by atoms with Gasteiger partial charge in [0, 0.05) is 18.7 Å². The highest BCUT2D eigenvalue weighted by molar-refractivity contribution is 9.10. The zero-order valence-electron chi connectivity index (χ0n) is 14.4. The Morgan fingerprint density at radius 1 is 1.42 bits per heavy atom. The van der Waals surface area contributed by atoms with Gasteiger partial charge in [0.1, 0.15) is 5.15 Å². The summed E-state index contributed by atoms with van der Waals surface area (Å²) in [6.07, 6.45) is 2.17. The van der Waals surface area contributed by atoms with Crippen molar-refractivity contribution >= 4 is 39.2 Å². The Kier molecular flexibility index (Phi) is 6.51. The lowest BCUT2D eigenvalue weighted by Gasteiger charge is -2.39. The van der Waals surface area contributed by atoms with Crippen molar-refractivity contribution in [2.45, 2.75) is 46.6 Å². The first-order valence-corrected chi connectivity index (χ1v) is 9.34. The molecule has 1 aliphatic rings. The van der Waals surface area contributed by atoms with Crippen LogP contribution in [-0.2, 0) is 22.6 Å². The second kappa shape index (κ2) is 8.02. The number of hydrogen-bond donors (Lipinski definition) is 1. The molecule has 0 atom stereocenters. The summed E-state index contributed by atoms with van der Waals surface area (Å²) in [7, 11) is 0. The minimum absolute atomic E-state index is 0.0687. The van der Waals surface area contributed by atoms with E-state index in [1.165, 1.54) is 0 Å². The maximum atomic E-state index is 12.0. The summed E-state index contributed by atoms with van der Waals surface area (Å²) in [6, 6.07) is 0. The van der Waals surface area contributed by atoms with Crippen molar-refractivity contribution in [2.75, 3.05) is 24.6 Å². The van der Waals surface area contributed by atoms with E-state index in [-0.39, 0.29) is 24.2 Å². The molecule has 5 nitrogen and oxygen atoms in total. The fourth-order valence-corrected chi connectivity index (χ4v) is 3.85. The number of halogens is 2. The average Bonchev–Trinajstić information content (AvgIpc) is 2.52. The zero-order valence-corrected chi connectivity index (χ0v) is 16.7. The molecule has 0 bridgehead atoms. The SMILES string of the molecule is CCOC(=O)Cc1c(Cl)nc(CO)c(Br)c1N1CCC(C)(C)CC1. The lowest BCUT2D eigenvalue weighted by molar-refractivity contribution is -0.142. The van der Waals surface area contributed by atoms with Crippen LogP contribution in [0.5, 0.6) is 0 Å². The van der Waals surface area contributed by atoms with Gasteiger partial charge in [-0.3, -0.25) is 4.79 Å². The molecule has 134 valence electrons. The van der Waals surface area contributed by atoms with Crippen molar-refractivity contribution in [3.8, 4) is 0 Å². The standard InChI is InChI=1S/C17H24BrClN2O3/c1-4-24-13(23)9-11-15(14(18)12(10-22)20-16(11)19)21-7-5-17(2,3)6-8-21/h22H,4-10H2,1-3H3. The van der Waals surface area contributed by atoms with Crippen LogP contribution < -0.4 is 4.90 Å². The quantitative estimate of drug-likeness (QED) is 0.582. The summed E-state index contributed by atoms with van der Waals surface area (Å²) in [6.45, 7) is 8.14. The average molecular weight is 420 g/mol. The Morgan fingerprint density at radius 2 is 2.04 bits per heavy atom. The maximum Gasteiger partial charge on any atom is 0.310 e. The first-order chi connectivity index (χ1) is 11.3. The van der Waals surface area contributed by atoms with Crippen molar-refractivity contribution in [2.24, 2.45) is 5.41 Å². The number of ether oxygens (including phenoxy) is 1. The normalized spacial score (nSPS) is 17.0. The second-order valence-electron chi connectivity index (χ2n) is 6.78. The number of carbonyl (C=O) groups excluding carboxylic acids is 1. The van der Waals surface area contributed by atoms with E-state index in [0.29, 0.717) is 27.8 Å². The number of hydrogen-bond acceptors (Lipinski definition) is 5. The van der Waals surface area contributed by atoms with Crippen LogP contribution in [0.4, 0.5) is 5.69 Å². The second-order valence-corrected chi connectivity index (χ2v) is 7.93. The van der Waals surface area contributed by atoms with E-state index in [0.717, 1.165) is 31.6 Å². The van der Waals surface area contributed by atoms with Crippen molar-refractivity contribution in [3.63, 3.8) is 0 Å². The molecule has 1 fully saturated rings. The van der Waals surface area contributed by atoms with Gasteiger partial charge >= 0.3 is 5.97 Å². The molecule has 1 aromatic rings. The number of pyridine rings is 1. The van der Waals surface area contributed by atoms with E-state index in [2.05, 4.69) is 39.7 Å². The number of piperidine rings is 1. The Labute approximate surface area is 156 Å². The van der Waals surface area contributed by atoms with Crippen LogP contribution in [0.3, 0.4) is 0 Å². The predicted molar refractivity (Wildman–Crippen MR) is 98.4 cm³/mol. The maximum absolute atomic E-state index is 12.0. The summed E-state index contributed by atoms with van der Waals surface area (Å²) in [5.41, 5.74) is 2.29. The van der Waals surface area contributed by atoms with Crippen LogP contribution in [0.25, 0.3) is 0 Å². The van der Waals surface area contributed by atoms with Gasteiger partial charge in [-0.05, 0) is 41.1 Å². The van der Waals surface area contributed by atoms with E-state index in [4.69, 9.17) is 16.3 Å². The van der Waals surface area contributed by atoms with Gasteiger partial charge in [-0.1, -0.05) is 25.4 Å². The predicted octanol–water partition coefficient (Wildman–Crippen LogP) is 3.72. The Balaban J connectivity index is 2.42. The Hall–Kier alpha value is -0.850. The molecule has 1 saturated heterocycles. The number of aliphatic hydroxyl groups is 1. The van der Waals surface area contributed by atoms with Gasteiger partial charge in [-0.15, -0.1) is 0 Å². The van der Waals surface area contributed by atoms with Crippen LogP contribution in [0.1, 0.15) is 44.9 Å². The fraction of sp³-hybridized carbons (Fsp3) is 0.647. The van der Waals surface area contributed by atoms with Gasteiger partial charge in [0.2, 0.25) is 0 Å². The van der Waals surface area contributed by atoms with Gasteiger partial charge in [0.05, 0.1) is 35.5 Å². The molecule has 0 aromatic carbocycles. The molecule has 2 rings (SSSR count). The summed E-state index contributed by atoms with van der Waals surface area (Å²) in [5.74, 6) is -0.330. The zero-order chi connectivity index (χ0) is 17.9. The van der Waals surface area contributed by atoms with Crippen LogP contribution in [0, 0.1) is 5.41 Å². The molecule has 1 N–H and O–H groups in total. The number of rotatable bonds is 5. The molecular formula is C17H24BrClN2O3. The van der Waals surface area contributed by atoms with Crippen LogP contribution in [-0.4, -0.2) is 35.8 Å². The van der Waals surface area contributed by atoms with E-state index < -0.39 is 0 Å². The van der Waals surface area contributed by atoms with Gasteiger partial charge in [-0.25, -0.2) is 4.98 Å². The van der Waals surface area contributed by atoms with Crippen molar-refractivity contribution in [1.29, 1.82) is 0 Å². The van der Waals surface area contributed by atoms with E-state index in [9.17, 15) is 9.90 Å². The summed E-state index contributed by atoms with van der Waals surface area (Å²) >= 11 is 9.87. The minimum Gasteiger partial charge on any atom is -0.466 e. The highest BCUT2D eigenvalue weighted by Gasteiger charge is 2.30. The molecular weight excluding hydrogens is 396 g/mol. The van der Waals surface area contributed by atoms with E-state index >= 15 is 0 Å². The van der Waals surface area contributed by atoms with Crippen molar-refractivity contribution in [1.82, 2.24) is 4.98 Å². The third-order valence-corrected chi connectivity index (χ3v) is 5.58. The van der Waals surface area contributed by atoms with Gasteiger partial charge < -0.3 is 14.7 Å². The van der Waals surface area contributed by atoms with E-state index in [1.807, 2.05) is 0 Å². The third kappa shape index (κ3) is 4.41. The molecule has 0 radical (unpaired) electrons. The topological polar surface area (TPSA) is 62.7 Å². The Morgan fingerprint density at radius 3 is 2.58 bits per heavy atom. The van der Waals surface area contributed by atoms with Crippen LogP contribution in [0.15, 0.2) is 4.47 Å². The molecule has 0 spiro atoms. The van der Waals surface area contributed by atoms with Crippen molar-refractivity contribution < 1.29 is 14.6 Å². The van der Waals surface area contributed by atoms with Crippen molar-refractivity contribution in [3.05, 3.63) is 20.9 Å². The lowest BCUT2D eigenvalue weighted by Crippen LogP contribution is -2.38. The number of anilines is 1. The van der Waals surface area contributed by atoms with Crippen LogP contribution >= 0.6 is 27.5 Å². The van der Waals surface area contributed by atoms with Gasteiger partial charge in [0.15, 0.2) is 0 Å². The van der Waals surface area contributed by atoms with Gasteiger partial charge in [0.25, 0.3) is 0 Å². The Bertz CT molecular complexity index is 612. The summed E-state index contributed by atoms with van der Waals surface area (Å²) < 4.78 is 5.77. The van der Waals surface area contributed by atoms with Crippen LogP contribution in [0.2, 0.25) is 5.15 Å². The third-order valence-electron chi connectivity index (χ3n) is 4.44. The molecule has 24 heavy (non-hydrogen) atoms. The monoisotopic (exact) mass is 418 g/mol. The smallest absolute Gasteiger partial charge is 0.310 e. The molecule has 7 heteroatoms. The number of esters is 1. The molecule has 2 heterocycles. The van der Waals surface area contributed by atoms with Gasteiger partial charge in [-0.2, -0.15) is 0 Å². The number of nitrogens with zero attached hydrogens (tertiary/aromatic N) is 2. The number of aromatic nitrogens is 1. The van der Waals surface area contributed by atoms with E-state index in [1.54, 1.807) is 6.92 Å². The first-order valence-electron chi connectivity index (χ1n) is 8.17. The largest absolute Gasteiger partial charge is 0.466 e. The highest BCUT2D eigenvalue weighted by Crippen LogP contribution is 2.40. The first kappa shape index (κ1) is 19.5. The fourth-order valence-electron chi connectivity index (χ4n) is 2.89.